The Bertz CT molecular complexity index is 411. The molecule has 1 fully saturated rings. The SMILES string of the molecule is Cc1cccc(C(C)C(=O)N[C@H]2CCCNC2)c1. The van der Waals surface area contributed by atoms with Crippen LogP contribution in [0, 0.1) is 6.92 Å². The number of carbonyl (C=O) groups is 1. The monoisotopic (exact) mass is 246 g/mol. The highest BCUT2D eigenvalue weighted by Gasteiger charge is 2.20. The molecule has 1 unspecified atom stereocenters. The van der Waals surface area contributed by atoms with Gasteiger partial charge >= 0.3 is 0 Å². The lowest BCUT2D eigenvalue weighted by Gasteiger charge is -2.25. The third kappa shape index (κ3) is 3.33. The van der Waals surface area contributed by atoms with E-state index >= 15 is 0 Å². The van der Waals surface area contributed by atoms with Crippen molar-refractivity contribution >= 4 is 5.91 Å². The van der Waals surface area contributed by atoms with Gasteiger partial charge in [0.15, 0.2) is 0 Å². The van der Waals surface area contributed by atoms with E-state index in [0.29, 0.717) is 6.04 Å². The van der Waals surface area contributed by atoms with Crippen molar-refractivity contribution in [2.45, 2.75) is 38.6 Å². The maximum absolute atomic E-state index is 12.2. The lowest BCUT2D eigenvalue weighted by molar-refractivity contribution is -0.123. The van der Waals surface area contributed by atoms with Crippen LogP contribution in [0.1, 0.15) is 36.8 Å². The van der Waals surface area contributed by atoms with Gasteiger partial charge in [-0.25, -0.2) is 0 Å². The molecule has 1 aliphatic rings. The van der Waals surface area contributed by atoms with Crippen LogP contribution >= 0.6 is 0 Å². The number of hydrogen-bond acceptors (Lipinski definition) is 2. The minimum Gasteiger partial charge on any atom is -0.352 e. The second kappa shape index (κ2) is 6.01. The summed E-state index contributed by atoms with van der Waals surface area (Å²) in [4.78, 5) is 12.2. The normalized spacial score (nSPS) is 21.3. The van der Waals surface area contributed by atoms with Crippen LogP contribution in [0.25, 0.3) is 0 Å². The molecule has 1 aliphatic heterocycles. The first-order chi connectivity index (χ1) is 8.66. The summed E-state index contributed by atoms with van der Waals surface area (Å²) < 4.78 is 0. The van der Waals surface area contributed by atoms with Crippen molar-refractivity contribution in [2.24, 2.45) is 0 Å². The zero-order valence-electron chi connectivity index (χ0n) is 11.2. The van der Waals surface area contributed by atoms with Crippen molar-refractivity contribution in [3.63, 3.8) is 0 Å². The van der Waals surface area contributed by atoms with E-state index in [9.17, 15) is 4.79 Å². The van der Waals surface area contributed by atoms with Crippen molar-refractivity contribution in [1.29, 1.82) is 0 Å². The second-order valence-corrected chi connectivity index (χ2v) is 5.19. The molecule has 1 heterocycles. The van der Waals surface area contributed by atoms with Crippen LogP contribution in [0.3, 0.4) is 0 Å². The van der Waals surface area contributed by atoms with Gasteiger partial charge in [-0.3, -0.25) is 4.79 Å². The predicted molar refractivity (Wildman–Crippen MR) is 73.6 cm³/mol. The number of hydrogen-bond donors (Lipinski definition) is 2. The molecular formula is C15H22N2O. The average molecular weight is 246 g/mol. The molecule has 3 nitrogen and oxygen atoms in total. The summed E-state index contributed by atoms with van der Waals surface area (Å²) in [5.41, 5.74) is 2.29. The summed E-state index contributed by atoms with van der Waals surface area (Å²) in [5, 5.41) is 6.45. The fourth-order valence-electron chi connectivity index (χ4n) is 2.39. The van der Waals surface area contributed by atoms with Crippen LogP contribution in [0.5, 0.6) is 0 Å². The van der Waals surface area contributed by atoms with Gasteiger partial charge in [-0.15, -0.1) is 0 Å². The van der Waals surface area contributed by atoms with Crippen molar-refractivity contribution < 1.29 is 4.79 Å². The highest BCUT2D eigenvalue weighted by molar-refractivity contribution is 5.83. The molecule has 1 amide bonds. The number of amides is 1. The lowest BCUT2D eigenvalue weighted by Crippen LogP contribution is -2.46. The molecule has 1 aromatic rings. The van der Waals surface area contributed by atoms with Crippen LogP contribution in [0.4, 0.5) is 0 Å². The molecule has 0 spiro atoms. The van der Waals surface area contributed by atoms with Crippen LogP contribution in [-0.4, -0.2) is 25.0 Å². The van der Waals surface area contributed by atoms with Crippen molar-refractivity contribution in [1.82, 2.24) is 10.6 Å². The Kier molecular flexibility index (Phi) is 4.37. The number of aryl methyl sites for hydroxylation is 1. The van der Waals surface area contributed by atoms with E-state index in [-0.39, 0.29) is 11.8 Å². The molecule has 18 heavy (non-hydrogen) atoms. The van der Waals surface area contributed by atoms with Crippen molar-refractivity contribution in [3.8, 4) is 0 Å². The summed E-state index contributed by atoms with van der Waals surface area (Å²) in [6, 6.07) is 8.47. The first kappa shape index (κ1) is 13.1. The van der Waals surface area contributed by atoms with Gasteiger partial charge in [0, 0.05) is 12.6 Å². The number of carbonyl (C=O) groups excluding carboxylic acids is 1. The maximum atomic E-state index is 12.2. The van der Waals surface area contributed by atoms with Gasteiger partial charge in [-0.1, -0.05) is 29.8 Å². The van der Waals surface area contributed by atoms with Crippen LogP contribution in [-0.2, 0) is 4.79 Å². The molecule has 0 aromatic heterocycles. The minimum absolute atomic E-state index is 0.0770. The lowest BCUT2D eigenvalue weighted by atomic mass is 9.97. The van der Waals surface area contributed by atoms with Crippen molar-refractivity contribution in [2.75, 3.05) is 13.1 Å². The van der Waals surface area contributed by atoms with Gasteiger partial charge in [0.25, 0.3) is 0 Å². The second-order valence-electron chi connectivity index (χ2n) is 5.19. The summed E-state index contributed by atoms with van der Waals surface area (Å²) in [6.07, 6.45) is 2.23. The summed E-state index contributed by atoms with van der Waals surface area (Å²) in [5.74, 6) is 0.0566. The molecule has 2 atom stereocenters. The van der Waals surface area contributed by atoms with Crippen LogP contribution in [0.15, 0.2) is 24.3 Å². The number of nitrogens with one attached hydrogen (secondary N) is 2. The van der Waals surface area contributed by atoms with Gasteiger partial charge in [-0.2, -0.15) is 0 Å². The van der Waals surface area contributed by atoms with E-state index in [1.54, 1.807) is 0 Å². The molecule has 2 rings (SSSR count). The van der Waals surface area contributed by atoms with E-state index in [4.69, 9.17) is 0 Å². The van der Waals surface area contributed by atoms with E-state index in [1.807, 2.05) is 19.1 Å². The number of rotatable bonds is 3. The number of piperidine rings is 1. The van der Waals surface area contributed by atoms with E-state index in [1.165, 1.54) is 5.56 Å². The first-order valence-corrected chi connectivity index (χ1v) is 6.74. The Morgan fingerprint density at radius 1 is 1.50 bits per heavy atom. The number of benzene rings is 1. The predicted octanol–water partition coefficient (Wildman–Crippen LogP) is 1.97. The highest BCUT2D eigenvalue weighted by Crippen LogP contribution is 2.17. The molecule has 0 aliphatic carbocycles. The zero-order chi connectivity index (χ0) is 13.0. The van der Waals surface area contributed by atoms with Crippen LogP contribution in [0.2, 0.25) is 0 Å². The van der Waals surface area contributed by atoms with Gasteiger partial charge in [0.05, 0.1) is 5.92 Å². The molecule has 3 heteroatoms. The molecule has 98 valence electrons. The summed E-state index contributed by atoms with van der Waals surface area (Å²) in [7, 11) is 0. The largest absolute Gasteiger partial charge is 0.352 e. The standard InChI is InChI=1S/C15H22N2O/c1-11-5-3-6-13(9-11)12(2)15(18)17-14-7-4-8-16-10-14/h3,5-6,9,12,14,16H,4,7-8,10H2,1-2H3,(H,17,18)/t12?,14-/m0/s1. The quantitative estimate of drug-likeness (QED) is 0.856. The Balaban J connectivity index is 1.95. The molecule has 2 N–H and O–H groups in total. The minimum atomic E-state index is -0.0770. The van der Waals surface area contributed by atoms with E-state index in [2.05, 4.69) is 29.7 Å². The third-order valence-electron chi connectivity index (χ3n) is 3.58. The maximum Gasteiger partial charge on any atom is 0.227 e. The Hall–Kier alpha value is -1.35. The topological polar surface area (TPSA) is 41.1 Å². The smallest absolute Gasteiger partial charge is 0.227 e. The van der Waals surface area contributed by atoms with E-state index < -0.39 is 0 Å². The zero-order valence-corrected chi connectivity index (χ0v) is 11.2. The Morgan fingerprint density at radius 2 is 2.33 bits per heavy atom. The molecule has 1 aromatic carbocycles. The van der Waals surface area contributed by atoms with Crippen LogP contribution < -0.4 is 10.6 Å². The third-order valence-corrected chi connectivity index (χ3v) is 3.58. The van der Waals surface area contributed by atoms with Gasteiger partial charge in [0.2, 0.25) is 5.91 Å². The summed E-state index contributed by atoms with van der Waals surface area (Å²) in [6.45, 7) is 5.99. The Labute approximate surface area is 109 Å². The molecule has 1 saturated heterocycles. The van der Waals surface area contributed by atoms with Crippen molar-refractivity contribution in [3.05, 3.63) is 35.4 Å². The summed E-state index contributed by atoms with van der Waals surface area (Å²) >= 11 is 0. The van der Waals surface area contributed by atoms with Gasteiger partial charge in [0.1, 0.15) is 0 Å². The molecule has 0 radical (unpaired) electrons. The molecular weight excluding hydrogens is 224 g/mol. The average Bonchev–Trinajstić information content (AvgIpc) is 2.39. The fourth-order valence-corrected chi connectivity index (χ4v) is 2.39. The van der Waals surface area contributed by atoms with Gasteiger partial charge < -0.3 is 10.6 Å². The molecule has 0 saturated carbocycles. The molecule has 0 bridgehead atoms. The van der Waals surface area contributed by atoms with Gasteiger partial charge in [-0.05, 0) is 38.8 Å². The fraction of sp³-hybridized carbons (Fsp3) is 0.533. The first-order valence-electron chi connectivity index (χ1n) is 6.74. The van der Waals surface area contributed by atoms with E-state index in [0.717, 1.165) is 31.5 Å². The highest BCUT2D eigenvalue weighted by atomic mass is 16.1. The Morgan fingerprint density at radius 3 is 3.00 bits per heavy atom.